The smallest absolute Gasteiger partial charge is 0.328 e. The summed E-state index contributed by atoms with van der Waals surface area (Å²) in [7, 11) is 1.34. The van der Waals surface area contributed by atoms with E-state index < -0.39 is 6.04 Å². The van der Waals surface area contributed by atoms with E-state index in [-0.39, 0.29) is 17.8 Å². The van der Waals surface area contributed by atoms with Crippen molar-refractivity contribution in [3.8, 4) is 0 Å². The number of hydrogen-bond donors (Lipinski definition) is 2. The Labute approximate surface area is 122 Å². The predicted octanol–water partition coefficient (Wildman–Crippen LogP) is 1.85. The maximum absolute atomic E-state index is 11.9. The lowest BCUT2D eigenvalue weighted by Gasteiger charge is -2.20. The van der Waals surface area contributed by atoms with Gasteiger partial charge in [-0.2, -0.15) is 0 Å². The first-order valence-corrected chi connectivity index (χ1v) is 7.53. The highest BCUT2D eigenvalue weighted by Crippen LogP contribution is 2.17. The van der Waals surface area contributed by atoms with Crippen LogP contribution in [0.3, 0.4) is 0 Å². The molecule has 0 aliphatic rings. The Kier molecular flexibility index (Phi) is 10.1. The van der Waals surface area contributed by atoms with Gasteiger partial charge < -0.3 is 15.8 Å². The fourth-order valence-electron chi connectivity index (χ4n) is 2.28. The Morgan fingerprint density at radius 1 is 1.20 bits per heavy atom. The molecule has 2 atom stereocenters. The molecule has 0 bridgehead atoms. The summed E-state index contributed by atoms with van der Waals surface area (Å²) in [5.74, 6) is 0.0286. The lowest BCUT2D eigenvalue weighted by Crippen LogP contribution is -2.45. The maximum Gasteiger partial charge on any atom is 0.328 e. The molecule has 0 fully saturated rings. The van der Waals surface area contributed by atoms with Gasteiger partial charge in [0.15, 0.2) is 0 Å². The number of nitrogens with one attached hydrogen (secondary N) is 1. The molecule has 0 saturated carbocycles. The van der Waals surface area contributed by atoms with Crippen molar-refractivity contribution < 1.29 is 14.3 Å². The Hall–Kier alpha value is -1.10. The second-order valence-electron chi connectivity index (χ2n) is 5.58. The molecule has 20 heavy (non-hydrogen) atoms. The molecule has 0 spiro atoms. The number of carbonyl (C=O) groups is 2. The molecule has 0 rings (SSSR count). The van der Waals surface area contributed by atoms with E-state index in [1.165, 1.54) is 7.11 Å². The highest BCUT2D eigenvalue weighted by atomic mass is 16.5. The van der Waals surface area contributed by atoms with E-state index in [1.807, 2.05) is 13.8 Å². The normalized spacial score (nSPS) is 13.9. The minimum absolute atomic E-state index is 0.0156. The SMILES string of the molecule is CCCC(CCN)CCC(=O)N[C@H](C(=O)OC)C(C)C. The zero-order valence-corrected chi connectivity index (χ0v) is 13.3. The van der Waals surface area contributed by atoms with Crippen molar-refractivity contribution in [2.45, 2.75) is 58.9 Å². The molecule has 1 amide bonds. The first-order valence-electron chi connectivity index (χ1n) is 7.53. The Morgan fingerprint density at radius 3 is 2.30 bits per heavy atom. The zero-order chi connectivity index (χ0) is 15.5. The van der Waals surface area contributed by atoms with E-state index >= 15 is 0 Å². The Balaban J connectivity index is 4.27. The maximum atomic E-state index is 11.9. The van der Waals surface area contributed by atoms with Crippen molar-refractivity contribution in [2.75, 3.05) is 13.7 Å². The van der Waals surface area contributed by atoms with Gasteiger partial charge in [0, 0.05) is 6.42 Å². The topological polar surface area (TPSA) is 81.4 Å². The zero-order valence-electron chi connectivity index (χ0n) is 13.3. The molecule has 0 aliphatic carbocycles. The number of hydrogen-bond acceptors (Lipinski definition) is 4. The summed E-state index contributed by atoms with van der Waals surface area (Å²) in [5.41, 5.74) is 5.58. The van der Waals surface area contributed by atoms with Crippen molar-refractivity contribution in [3.63, 3.8) is 0 Å². The lowest BCUT2D eigenvalue weighted by molar-refractivity contribution is -0.146. The van der Waals surface area contributed by atoms with Crippen LogP contribution in [0.2, 0.25) is 0 Å². The second kappa shape index (κ2) is 10.7. The summed E-state index contributed by atoms with van der Waals surface area (Å²) < 4.78 is 4.71. The number of rotatable bonds is 10. The third kappa shape index (κ3) is 7.48. The molecule has 1 unspecified atom stereocenters. The van der Waals surface area contributed by atoms with E-state index in [2.05, 4.69) is 12.2 Å². The van der Waals surface area contributed by atoms with Crippen LogP contribution in [0.15, 0.2) is 0 Å². The van der Waals surface area contributed by atoms with Gasteiger partial charge >= 0.3 is 5.97 Å². The summed E-state index contributed by atoms with van der Waals surface area (Å²) >= 11 is 0. The van der Waals surface area contributed by atoms with Gasteiger partial charge in [-0.15, -0.1) is 0 Å². The Morgan fingerprint density at radius 2 is 1.85 bits per heavy atom. The van der Waals surface area contributed by atoms with Gasteiger partial charge in [0.05, 0.1) is 7.11 Å². The van der Waals surface area contributed by atoms with Crippen LogP contribution in [0, 0.1) is 11.8 Å². The van der Waals surface area contributed by atoms with Crippen LogP contribution in [-0.4, -0.2) is 31.6 Å². The number of esters is 1. The molecule has 0 aromatic carbocycles. The van der Waals surface area contributed by atoms with Crippen molar-refractivity contribution in [1.82, 2.24) is 5.32 Å². The van der Waals surface area contributed by atoms with Crippen molar-refractivity contribution in [1.29, 1.82) is 0 Å². The van der Waals surface area contributed by atoms with Crippen molar-refractivity contribution >= 4 is 11.9 Å². The number of ether oxygens (including phenoxy) is 1. The molecule has 0 aliphatic heterocycles. The third-order valence-electron chi connectivity index (χ3n) is 3.49. The molecule has 0 aromatic rings. The quantitative estimate of drug-likeness (QED) is 0.600. The number of amides is 1. The first kappa shape index (κ1) is 18.9. The average Bonchev–Trinajstić information content (AvgIpc) is 2.41. The van der Waals surface area contributed by atoms with Gasteiger partial charge in [-0.1, -0.05) is 33.6 Å². The fraction of sp³-hybridized carbons (Fsp3) is 0.867. The van der Waals surface area contributed by atoms with Crippen LogP contribution < -0.4 is 11.1 Å². The predicted molar refractivity (Wildman–Crippen MR) is 80.1 cm³/mol. The molecule has 0 heterocycles. The van der Waals surface area contributed by atoms with Crippen LogP contribution >= 0.6 is 0 Å². The molecule has 5 nitrogen and oxygen atoms in total. The number of nitrogens with two attached hydrogens (primary N) is 1. The monoisotopic (exact) mass is 286 g/mol. The highest BCUT2D eigenvalue weighted by molar-refractivity contribution is 5.84. The standard InChI is InChI=1S/C15H30N2O3/c1-5-6-12(9-10-16)7-8-13(18)17-14(11(2)3)15(19)20-4/h11-12,14H,5-10,16H2,1-4H3,(H,17,18)/t12?,14-/m0/s1. The lowest BCUT2D eigenvalue weighted by atomic mass is 9.94. The van der Waals surface area contributed by atoms with E-state index in [0.717, 1.165) is 25.7 Å². The average molecular weight is 286 g/mol. The van der Waals surface area contributed by atoms with E-state index in [9.17, 15) is 9.59 Å². The number of methoxy groups -OCH3 is 1. The van der Waals surface area contributed by atoms with Crippen LogP contribution in [0.5, 0.6) is 0 Å². The van der Waals surface area contributed by atoms with Crippen molar-refractivity contribution in [3.05, 3.63) is 0 Å². The summed E-state index contributed by atoms with van der Waals surface area (Å²) in [6.07, 6.45) is 4.40. The highest BCUT2D eigenvalue weighted by Gasteiger charge is 2.24. The van der Waals surface area contributed by atoms with Crippen molar-refractivity contribution in [2.24, 2.45) is 17.6 Å². The van der Waals surface area contributed by atoms with Gasteiger partial charge in [0.25, 0.3) is 0 Å². The molecule has 5 heteroatoms. The van der Waals surface area contributed by atoms with Gasteiger partial charge in [0.1, 0.15) is 6.04 Å². The molecule has 0 aromatic heterocycles. The summed E-state index contributed by atoms with van der Waals surface area (Å²) in [6, 6.07) is -0.563. The molecule has 0 saturated heterocycles. The van der Waals surface area contributed by atoms with E-state index in [0.29, 0.717) is 18.9 Å². The minimum Gasteiger partial charge on any atom is -0.467 e. The van der Waals surface area contributed by atoms with Gasteiger partial charge in [-0.05, 0) is 31.2 Å². The second-order valence-corrected chi connectivity index (χ2v) is 5.58. The fourth-order valence-corrected chi connectivity index (χ4v) is 2.28. The van der Waals surface area contributed by atoms with E-state index in [4.69, 9.17) is 10.5 Å². The minimum atomic E-state index is -0.563. The van der Waals surface area contributed by atoms with Crippen LogP contribution in [-0.2, 0) is 14.3 Å². The van der Waals surface area contributed by atoms with Crippen LogP contribution in [0.1, 0.15) is 52.9 Å². The summed E-state index contributed by atoms with van der Waals surface area (Å²) in [6.45, 7) is 6.56. The van der Waals surface area contributed by atoms with Crippen LogP contribution in [0.25, 0.3) is 0 Å². The van der Waals surface area contributed by atoms with Gasteiger partial charge in [-0.3, -0.25) is 4.79 Å². The molecule has 3 N–H and O–H groups in total. The molecular formula is C15H30N2O3. The summed E-state index contributed by atoms with van der Waals surface area (Å²) in [5, 5.41) is 2.76. The summed E-state index contributed by atoms with van der Waals surface area (Å²) in [4.78, 5) is 23.5. The van der Waals surface area contributed by atoms with E-state index in [1.54, 1.807) is 0 Å². The van der Waals surface area contributed by atoms with Gasteiger partial charge in [-0.25, -0.2) is 4.79 Å². The van der Waals surface area contributed by atoms with Gasteiger partial charge in [0.2, 0.25) is 5.91 Å². The first-order chi connectivity index (χ1) is 9.46. The Bertz CT molecular complexity index is 287. The largest absolute Gasteiger partial charge is 0.467 e. The third-order valence-corrected chi connectivity index (χ3v) is 3.49. The number of carbonyl (C=O) groups excluding carboxylic acids is 2. The van der Waals surface area contributed by atoms with Crippen LogP contribution in [0.4, 0.5) is 0 Å². The molecular weight excluding hydrogens is 256 g/mol. The molecule has 0 radical (unpaired) electrons. The molecule has 118 valence electrons.